The van der Waals surface area contributed by atoms with Gasteiger partial charge in [-0.2, -0.15) is 0 Å². The first-order valence-electron chi connectivity index (χ1n) is 9.83. The molecule has 132 valence electrons. The van der Waals surface area contributed by atoms with E-state index in [1.807, 2.05) is 12.1 Å². The van der Waals surface area contributed by atoms with Gasteiger partial charge in [0.1, 0.15) is 0 Å². The minimum atomic E-state index is 0.0973. The molecule has 1 heterocycles. The number of piperidine rings is 1. The Morgan fingerprint density at radius 3 is 2.42 bits per heavy atom. The topological polar surface area (TPSA) is 32.3 Å². The Morgan fingerprint density at radius 2 is 1.75 bits per heavy atom. The number of likely N-dealkylation sites (tertiary alicyclic amines) is 1. The van der Waals surface area contributed by atoms with Crippen LogP contribution in [0.25, 0.3) is 0 Å². The number of carbonyl (C=O) groups excluding carboxylic acids is 1. The summed E-state index contributed by atoms with van der Waals surface area (Å²) in [6, 6.07) is 8.61. The highest BCUT2D eigenvalue weighted by molar-refractivity contribution is 5.94. The van der Waals surface area contributed by atoms with Crippen LogP contribution in [-0.2, 0) is 6.54 Å². The van der Waals surface area contributed by atoms with Crippen LogP contribution in [0.15, 0.2) is 24.3 Å². The summed E-state index contributed by atoms with van der Waals surface area (Å²) in [5.41, 5.74) is 2.12. The highest BCUT2D eigenvalue weighted by Crippen LogP contribution is 2.19. The molecule has 1 atom stereocenters. The molecule has 1 aromatic rings. The van der Waals surface area contributed by atoms with Crippen molar-refractivity contribution in [2.24, 2.45) is 5.92 Å². The minimum Gasteiger partial charge on any atom is -0.349 e. The third-order valence-electron chi connectivity index (χ3n) is 5.55. The molecule has 0 radical (unpaired) electrons. The number of nitrogens with one attached hydrogen (secondary N) is 1. The summed E-state index contributed by atoms with van der Waals surface area (Å²) < 4.78 is 0. The third-order valence-corrected chi connectivity index (χ3v) is 5.55. The molecule has 3 nitrogen and oxygen atoms in total. The van der Waals surface area contributed by atoms with Crippen molar-refractivity contribution in [1.29, 1.82) is 0 Å². The Kier molecular flexibility index (Phi) is 6.30. The molecule has 1 saturated carbocycles. The molecule has 1 aliphatic carbocycles. The molecule has 1 aromatic carbocycles. The molecule has 1 saturated heterocycles. The maximum absolute atomic E-state index is 12.4. The highest BCUT2D eigenvalue weighted by Gasteiger charge is 2.17. The maximum Gasteiger partial charge on any atom is 0.251 e. The molecule has 2 fully saturated rings. The van der Waals surface area contributed by atoms with Crippen LogP contribution in [0, 0.1) is 5.92 Å². The van der Waals surface area contributed by atoms with E-state index in [4.69, 9.17) is 0 Å². The summed E-state index contributed by atoms with van der Waals surface area (Å²) >= 11 is 0. The minimum absolute atomic E-state index is 0.0973. The number of hydrogen-bond acceptors (Lipinski definition) is 2. The van der Waals surface area contributed by atoms with Crippen molar-refractivity contribution in [2.45, 2.75) is 70.9 Å². The van der Waals surface area contributed by atoms with Crippen molar-refractivity contribution in [3.05, 3.63) is 35.4 Å². The molecule has 0 spiro atoms. The summed E-state index contributed by atoms with van der Waals surface area (Å²) in [5.74, 6) is 0.906. The van der Waals surface area contributed by atoms with E-state index >= 15 is 0 Å². The summed E-state index contributed by atoms with van der Waals surface area (Å²) in [6.45, 7) is 5.75. The number of hydrogen-bond donors (Lipinski definition) is 1. The first kappa shape index (κ1) is 17.5. The second-order valence-corrected chi connectivity index (χ2v) is 7.84. The van der Waals surface area contributed by atoms with Crippen LogP contribution in [0.2, 0.25) is 0 Å². The normalized spacial score (nSPS) is 23.6. The average molecular weight is 329 g/mol. The predicted octanol–water partition coefficient (Wildman–Crippen LogP) is 4.37. The van der Waals surface area contributed by atoms with E-state index in [0.717, 1.165) is 30.9 Å². The van der Waals surface area contributed by atoms with E-state index in [-0.39, 0.29) is 5.91 Å². The highest BCUT2D eigenvalue weighted by atomic mass is 16.1. The molecule has 0 unspecified atom stereocenters. The van der Waals surface area contributed by atoms with Crippen molar-refractivity contribution in [3.63, 3.8) is 0 Å². The van der Waals surface area contributed by atoms with Gasteiger partial charge in [-0.3, -0.25) is 9.69 Å². The quantitative estimate of drug-likeness (QED) is 0.832. The first-order chi connectivity index (χ1) is 11.7. The molecule has 1 N–H and O–H groups in total. The van der Waals surface area contributed by atoms with E-state index in [2.05, 4.69) is 29.3 Å². The molecule has 2 aliphatic rings. The molecule has 0 aromatic heterocycles. The van der Waals surface area contributed by atoms with Gasteiger partial charge in [0.15, 0.2) is 0 Å². The fourth-order valence-corrected chi connectivity index (χ4v) is 4.14. The summed E-state index contributed by atoms with van der Waals surface area (Å²) in [4.78, 5) is 15.0. The molecule has 0 bridgehead atoms. The SMILES string of the molecule is C[C@H]1CCCN(Cc2ccc(C(=O)NC3CCCCCC3)cc2)C1. The summed E-state index contributed by atoms with van der Waals surface area (Å²) in [5, 5.41) is 3.23. The van der Waals surface area contributed by atoms with Crippen LogP contribution in [0.3, 0.4) is 0 Å². The maximum atomic E-state index is 12.4. The van der Waals surface area contributed by atoms with Crippen LogP contribution in [-0.4, -0.2) is 29.9 Å². The molecule has 3 rings (SSSR count). The van der Waals surface area contributed by atoms with E-state index in [1.54, 1.807) is 0 Å². The Bertz CT molecular complexity index is 517. The Balaban J connectivity index is 1.52. The Morgan fingerprint density at radius 1 is 1.04 bits per heavy atom. The number of carbonyl (C=O) groups is 1. The molecule has 1 amide bonds. The zero-order valence-corrected chi connectivity index (χ0v) is 15.1. The van der Waals surface area contributed by atoms with Gasteiger partial charge in [-0.15, -0.1) is 0 Å². The lowest BCUT2D eigenvalue weighted by Crippen LogP contribution is -2.34. The van der Waals surface area contributed by atoms with Gasteiger partial charge >= 0.3 is 0 Å². The number of amides is 1. The zero-order valence-electron chi connectivity index (χ0n) is 15.1. The summed E-state index contributed by atoms with van der Waals surface area (Å²) in [7, 11) is 0. The van der Waals surface area contributed by atoms with Crippen molar-refractivity contribution >= 4 is 5.91 Å². The predicted molar refractivity (Wildman–Crippen MR) is 99.1 cm³/mol. The standard InChI is InChI=1S/C21H32N2O/c1-17-7-6-14-23(15-17)16-18-10-12-19(13-11-18)21(24)22-20-8-4-2-3-5-9-20/h10-13,17,20H,2-9,14-16H2,1H3,(H,22,24)/t17-/m0/s1. The molecule has 3 heteroatoms. The van der Waals surface area contributed by atoms with Crippen LogP contribution < -0.4 is 5.32 Å². The van der Waals surface area contributed by atoms with Gasteiger partial charge < -0.3 is 5.32 Å². The second-order valence-electron chi connectivity index (χ2n) is 7.84. The van der Waals surface area contributed by atoms with Crippen LogP contribution >= 0.6 is 0 Å². The van der Waals surface area contributed by atoms with Gasteiger partial charge in [0.25, 0.3) is 5.91 Å². The summed E-state index contributed by atoms with van der Waals surface area (Å²) in [6.07, 6.45) is 10.1. The second kappa shape index (κ2) is 8.66. The first-order valence-corrected chi connectivity index (χ1v) is 9.83. The fourth-order valence-electron chi connectivity index (χ4n) is 4.14. The van der Waals surface area contributed by atoms with Crippen molar-refractivity contribution in [3.8, 4) is 0 Å². The lowest BCUT2D eigenvalue weighted by atomic mass is 9.99. The van der Waals surface area contributed by atoms with Crippen LogP contribution in [0.1, 0.15) is 74.2 Å². The lowest BCUT2D eigenvalue weighted by Gasteiger charge is -2.30. The lowest BCUT2D eigenvalue weighted by molar-refractivity contribution is 0.0933. The van der Waals surface area contributed by atoms with Gasteiger partial charge in [-0.1, -0.05) is 44.7 Å². The number of benzene rings is 1. The van der Waals surface area contributed by atoms with Crippen molar-refractivity contribution < 1.29 is 4.79 Å². The number of nitrogens with zero attached hydrogens (tertiary/aromatic N) is 1. The Hall–Kier alpha value is -1.35. The largest absolute Gasteiger partial charge is 0.349 e. The molecule has 1 aliphatic heterocycles. The molecular formula is C21H32N2O. The smallest absolute Gasteiger partial charge is 0.251 e. The van der Waals surface area contributed by atoms with E-state index < -0.39 is 0 Å². The van der Waals surface area contributed by atoms with Gasteiger partial charge in [0, 0.05) is 24.7 Å². The van der Waals surface area contributed by atoms with E-state index in [1.165, 1.54) is 57.2 Å². The van der Waals surface area contributed by atoms with Gasteiger partial charge in [0.2, 0.25) is 0 Å². The zero-order chi connectivity index (χ0) is 16.8. The van der Waals surface area contributed by atoms with Crippen LogP contribution in [0.4, 0.5) is 0 Å². The molecular weight excluding hydrogens is 296 g/mol. The monoisotopic (exact) mass is 328 g/mol. The molecule has 24 heavy (non-hydrogen) atoms. The Labute approximate surface area is 146 Å². The van der Waals surface area contributed by atoms with E-state index in [0.29, 0.717) is 6.04 Å². The van der Waals surface area contributed by atoms with Gasteiger partial charge in [-0.05, 0) is 55.8 Å². The van der Waals surface area contributed by atoms with Crippen molar-refractivity contribution in [2.75, 3.05) is 13.1 Å². The average Bonchev–Trinajstić information content (AvgIpc) is 2.84. The van der Waals surface area contributed by atoms with Crippen LogP contribution in [0.5, 0.6) is 0 Å². The third kappa shape index (κ3) is 5.07. The fraction of sp³-hybridized carbons (Fsp3) is 0.667. The van der Waals surface area contributed by atoms with Gasteiger partial charge in [-0.25, -0.2) is 0 Å². The van der Waals surface area contributed by atoms with E-state index in [9.17, 15) is 4.79 Å². The van der Waals surface area contributed by atoms with Gasteiger partial charge in [0.05, 0.1) is 0 Å². The number of rotatable bonds is 4. The van der Waals surface area contributed by atoms with Crippen molar-refractivity contribution in [1.82, 2.24) is 10.2 Å².